The Morgan fingerprint density at radius 2 is 1.38 bits per heavy atom. The van der Waals surface area contributed by atoms with Crippen molar-refractivity contribution in [2.24, 2.45) is 5.10 Å². The average Bonchev–Trinajstić information content (AvgIpc) is 3.05. The van der Waals surface area contributed by atoms with Gasteiger partial charge in [-0.2, -0.15) is 5.10 Å². The quantitative estimate of drug-likeness (QED) is 0.703. The molecule has 26 heavy (non-hydrogen) atoms. The van der Waals surface area contributed by atoms with Gasteiger partial charge in [-0.1, -0.05) is 66.7 Å². The van der Waals surface area contributed by atoms with Gasteiger partial charge in [0.25, 0.3) is 5.91 Å². The molecular weight excluding hydrogens is 322 g/mol. The lowest BCUT2D eigenvalue weighted by Crippen LogP contribution is -2.29. The number of benzene rings is 3. The largest absolute Gasteiger partial charge is 0.299 e. The van der Waals surface area contributed by atoms with Crippen LogP contribution in [0.25, 0.3) is 0 Å². The van der Waals surface area contributed by atoms with E-state index in [0.717, 1.165) is 16.9 Å². The highest BCUT2D eigenvalue weighted by Gasteiger charge is 2.38. The van der Waals surface area contributed by atoms with E-state index in [0.29, 0.717) is 12.1 Å². The standard InChI is InChI=1S/C22H19N3O/c26-22-20(24-23-18-12-6-2-7-13-18)16-21(17-10-4-1-5-11-17)25(22)19-14-8-3-9-15-19/h1-15,21,23H,16H2/b24-20-/t21-/m0/s1. The van der Waals surface area contributed by atoms with Gasteiger partial charge in [0.2, 0.25) is 0 Å². The summed E-state index contributed by atoms with van der Waals surface area (Å²) in [5.74, 6) is -0.0616. The number of nitrogens with zero attached hydrogens (tertiary/aromatic N) is 2. The summed E-state index contributed by atoms with van der Waals surface area (Å²) in [7, 11) is 0. The number of hydrazone groups is 1. The van der Waals surface area contributed by atoms with Gasteiger partial charge in [-0.15, -0.1) is 0 Å². The minimum absolute atomic E-state index is 0.0533. The average molecular weight is 341 g/mol. The summed E-state index contributed by atoms with van der Waals surface area (Å²) >= 11 is 0. The fourth-order valence-corrected chi connectivity index (χ4v) is 3.21. The van der Waals surface area contributed by atoms with Crippen molar-refractivity contribution in [1.29, 1.82) is 0 Å². The van der Waals surface area contributed by atoms with Crippen LogP contribution in [-0.4, -0.2) is 11.6 Å². The highest BCUT2D eigenvalue weighted by atomic mass is 16.2. The van der Waals surface area contributed by atoms with E-state index in [2.05, 4.69) is 22.7 Å². The van der Waals surface area contributed by atoms with E-state index in [1.54, 1.807) is 0 Å². The monoisotopic (exact) mass is 341 g/mol. The van der Waals surface area contributed by atoms with Crippen molar-refractivity contribution >= 4 is 23.0 Å². The predicted molar refractivity (Wildman–Crippen MR) is 105 cm³/mol. The van der Waals surface area contributed by atoms with Crippen molar-refractivity contribution in [2.45, 2.75) is 12.5 Å². The van der Waals surface area contributed by atoms with Gasteiger partial charge in [0.1, 0.15) is 5.71 Å². The van der Waals surface area contributed by atoms with E-state index in [4.69, 9.17) is 0 Å². The van der Waals surface area contributed by atoms with E-state index in [1.165, 1.54) is 0 Å². The van der Waals surface area contributed by atoms with Crippen LogP contribution in [0.15, 0.2) is 96.1 Å². The predicted octanol–water partition coefficient (Wildman–Crippen LogP) is 4.63. The first-order valence-electron chi connectivity index (χ1n) is 8.64. The normalized spacial score (nSPS) is 18.3. The number of hydrogen-bond acceptors (Lipinski definition) is 3. The van der Waals surface area contributed by atoms with Crippen molar-refractivity contribution in [1.82, 2.24) is 0 Å². The highest BCUT2D eigenvalue weighted by Crippen LogP contribution is 2.35. The molecule has 3 aromatic rings. The van der Waals surface area contributed by atoms with Crippen molar-refractivity contribution in [2.75, 3.05) is 10.3 Å². The van der Waals surface area contributed by atoms with Gasteiger partial charge >= 0.3 is 0 Å². The van der Waals surface area contributed by atoms with Crippen LogP contribution in [0.2, 0.25) is 0 Å². The summed E-state index contributed by atoms with van der Waals surface area (Å²) in [6, 6.07) is 29.5. The molecule has 0 bridgehead atoms. The SMILES string of the molecule is O=C1/C(=N\Nc2ccccc2)C[C@@H](c2ccccc2)N1c1ccccc1. The number of hydrogen-bond donors (Lipinski definition) is 1. The van der Waals surface area contributed by atoms with Gasteiger partial charge in [-0.25, -0.2) is 0 Å². The van der Waals surface area contributed by atoms with Crippen molar-refractivity contribution in [3.05, 3.63) is 96.6 Å². The molecule has 1 heterocycles. The lowest BCUT2D eigenvalue weighted by molar-refractivity contribution is -0.112. The Bertz CT molecular complexity index is 908. The number of amides is 1. The van der Waals surface area contributed by atoms with Gasteiger partial charge < -0.3 is 0 Å². The molecule has 1 aliphatic rings. The fourth-order valence-electron chi connectivity index (χ4n) is 3.21. The molecule has 0 spiro atoms. The Labute approximate surface area is 152 Å². The Kier molecular flexibility index (Phi) is 4.48. The Balaban J connectivity index is 1.67. The summed E-state index contributed by atoms with van der Waals surface area (Å²) in [6.07, 6.45) is 0.567. The second-order valence-electron chi connectivity index (χ2n) is 6.18. The third-order valence-corrected chi connectivity index (χ3v) is 4.48. The maximum Gasteiger partial charge on any atom is 0.275 e. The lowest BCUT2D eigenvalue weighted by Gasteiger charge is -2.24. The molecule has 1 amide bonds. The smallest absolute Gasteiger partial charge is 0.275 e. The summed E-state index contributed by atoms with van der Waals surface area (Å²) in [4.78, 5) is 14.9. The van der Waals surface area contributed by atoms with E-state index < -0.39 is 0 Å². The van der Waals surface area contributed by atoms with Crippen LogP contribution in [0.1, 0.15) is 18.0 Å². The first kappa shape index (κ1) is 16.1. The molecule has 1 atom stereocenters. The molecule has 0 saturated carbocycles. The maximum atomic E-state index is 13.1. The molecule has 1 N–H and O–H groups in total. The number of carbonyl (C=O) groups is 1. The van der Waals surface area contributed by atoms with Crippen LogP contribution in [0.3, 0.4) is 0 Å². The van der Waals surface area contributed by atoms with Gasteiger partial charge in [-0.05, 0) is 29.8 Å². The molecule has 128 valence electrons. The Hall–Kier alpha value is -3.40. The van der Waals surface area contributed by atoms with Crippen LogP contribution < -0.4 is 10.3 Å². The first-order valence-corrected chi connectivity index (χ1v) is 8.64. The molecule has 1 aliphatic heterocycles. The minimum atomic E-state index is -0.0616. The van der Waals surface area contributed by atoms with E-state index in [-0.39, 0.29) is 11.9 Å². The van der Waals surface area contributed by atoms with Gasteiger partial charge in [0, 0.05) is 12.1 Å². The van der Waals surface area contributed by atoms with E-state index >= 15 is 0 Å². The molecular formula is C22H19N3O. The molecule has 4 rings (SSSR count). The van der Waals surface area contributed by atoms with Gasteiger partial charge in [-0.3, -0.25) is 15.1 Å². The third-order valence-electron chi connectivity index (χ3n) is 4.48. The molecule has 4 heteroatoms. The molecule has 0 aliphatic carbocycles. The van der Waals surface area contributed by atoms with Crippen LogP contribution in [0.4, 0.5) is 11.4 Å². The number of nitrogens with one attached hydrogen (secondary N) is 1. The summed E-state index contributed by atoms with van der Waals surface area (Å²) < 4.78 is 0. The van der Waals surface area contributed by atoms with Gasteiger partial charge in [0.05, 0.1) is 11.7 Å². The molecule has 0 radical (unpaired) electrons. The first-order chi connectivity index (χ1) is 12.8. The van der Waals surface area contributed by atoms with Crippen molar-refractivity contribution in [3.8, 4) is 0 Å². The Morgan fingerprint density at radius 3 is 2.04 bits per heavy atom. The van der Waals surface area contributed by atoms with Crippen LogP contribution in [0, 0.1) is 0 Å². The fraction of sp³-hybridized carbons (Fsp3) is 0.0909. The maximum absolute atomic E-state index is 13.1. The zero-order valence-electron chi connectivity index (χ0n) is 14.2. The second kappa shape index (κ2) is 7.23. The summed E-state index contributed by atoms with van der Waals surface area (Å²) in [5.41, 5.74) is 6.39. The molecule has 3 aromatic carbocycles. The summed E-state index contributed by atoms with van der Waals surface area (Å²) in [5, 5.41) is 4.40. The zero-order valence-corrected chi connectivity index (χ0v) is 14.2. The zero-order chi connectivity index (χ0) is 17.8. The van der Waals surface area contributed by atoms with Gasteiger partial charge in [0.15, 0.2) is 0 Å². The molecule has 1 saturated heterocycles. The molecule has 0 aromatic heterocycles. The lowest BCUT2D eigenvalue weighted by atomic mass is 10.0. The molecule has 1 fully saturated rings. The van der Waals surface area contributed by atoms with Crippen molar-refractivity contribution < 1.29 is 4.79 Å². The van der Waals surface area contributed by atoms with Crippen molar-refractivity contribution in [3.63, 3.8) is 0 Å². The molecule has 0 unspecified atom stereocenters. The minimum Gasteiger partial charge on any atom is -0.299 e. The van der Waals surface area contributed by atoms with E-state index in [1.807, 2.05) is 83.8 Å². The molecule has 4 nitrogen and oxygen atoms in total. The number of rotatable bonds is 4. The number of carbonyl (C=O) groups excluding carboxylic acids is 1. The van der Waals surface area contributed by atoms with Crippen LogP contribution in [0.5, 0.6) is 0 Å². The topological polar surface area (TPSA) is 44.7 Å². The van der Waals surface area contributed by atoms with Crippen LogP contribution in [-0.2, 0) is 4.79 Å². The second-order valence-corrected chi connectivity index (χ2v) is 6.18. The summed E-state index contributed by atoms with van der Waals surface area (Å²) in [6.45, 7) is 0. The van der Waals surface area contributed by atoms with E-state index in [9.17, 15) is 4.79 Å². The Morgan fingerprint density at radius 1 is 0.808 bits per heavy atom. The number of para-hydroxylation sites is 2. The number of anilines is 2. The van der Waals surface area contributed by atoms with Crippen LogP contribution >= 0.6 is 0 Å². The third kappa shape index (κ3) is 3.22. The highest BCUT2D eigenvalue weighted by molar-refractivity contribution is 6.46.